The molecular formula is C21H21FN4O. The Bertz CT molecular complexity index is 912. The third kappa shape index (κ3) is 5.10. The van der Waals surface area contributed by atoms with Crippen LogP contribution in [0.25, 0.3) is 0 Å². The first-order chi connectivity index (χ1) is 13.1. The lowest BCUT2D eigenvalue weighted by atomic mass is 10.1. The van der Waals surface area contributed by atoms with Gasteiger partial charge in [0.1, 0.15) is 5.82 Å². The van der Waals surface area contributed by atoms with Gasteiger partial charge < -0.3 is 10.6 Å². The van der Waals surface area contributed by atoms with Crippen LogP contribution in [0.5, 0.6) is 0 Å². The minimum atomic E-state index is -0.281. The van der Waals surface area contributed by atoms with E-state index >= 15 is 0 Å². The van der Waals surface area contributed by atoms with Gasteiger partial charge in [-0.05, 0) is 36.1 Å². The number of anilines is 1. The Morgan fingerprint density at radius 3 is 2.37 bits per heavy atom. The Kier molecular flexibility index (Phi) is 6.10. The summed E-state index contributed by atoms with van der Waals surface area (Å²) >= 11 is 0. The number of carbonyl (C=O) groups is 1. The molecule has 0 radical (unpaired) electrons. The van der Waals surface area contributed by atoms with Crippen LogP contribution in [-0.4, -0.2) is 22.4 Å². The third-order valence-electron chi connectivity index (χ3n) is 4.25. The van der Waals surface area contributed by atoms with Gasteiger partial charge >= 0.3 is 0 Å². The van der Waals surface area contributed by atoms with Gasteiger partial charge in [-0.3, -0.25) is 4.79 Å². The molecule has 0 unspecified atom stereocenters. The van der Waals surface area contributed by atoms with Crippen molar-refractivity contribution in [1.29, 1.82) is 0 Å². The Balaban J connectivity index is 1.50. The summed E-state index contributed by atoms with van der Waals surface area (Å²) in [7, 11) is 0. The van der Waals surface area contributed by atoms with Crippen LogP contribution in [0.4, 0.5) is 10.3 Å². The second-order valence-corrected chi connectivity index (χ2v) is 6.17. The fourth-order valence-electron chi connectivity index (χ4n) is 2.63. The summed E-state index contributed by atoms with van der Waals surface area (Å²) in [5, 5.41) is 5.90. The molecule has 0 saturated carbocycles. The van der Waals surface area contributed by atoms with E-state index in [0.29, 0.717) is 36.6 Å². The van der Waals surface area contributed by atoms with Crippen LogP contribution in [0.15, 0.2) is 60.9 Å². The lowest BCUT2D eigenvalue weighted by Crippen LogP contribution is -2.26. The molecule has 27 heavy (non-hydrogen) atoms. The number of rotatable bonds is 7. The van der Waals surface area contributed by atoms with E-state index in [0.717, 1.165) is 5.56 Å². The molecule has 0 aliphatic heterocycles. The Morgan fingerprint density at radius 1 is 1.00 bits per heavy atom. The van der Waals surface area contributed by atoms with Crippen LogP contribution < -0.4 is 10.6 Å². The highest BCUT2D eigenvalue weighted by Gasteiger charge is 2.08. The minimum absolute atomic E-state index is 0.265. The molecule has 0 fully saturated rings. The van der Waals surface area contributed by atoms with Crippen molar-refractivity contribution < 1.29 is 9.18 Å². The van der Waals surface area contributed by atoms with Gasteiger partial charge in [0, 0.05) is 25.5 Å². The molecule has 1 heterocycles. The molecule has 0 aliphatic rings. The molecule has 5 nitrogen and oxygen atoms in total. The summed E-state index contributed by atoms with van der Waals surface area (Å²) in [6.45, 7) is 3.00. The number of nitrogens with one attached hydrogen (secondary N) is 2. The van der Waals surface area contributed by atoms with E-state index in [-0.39, 0.29) is 11.7 Å². The predicted molar refractivity (Wildman–Crippen MR) is 103 cm³/mol. The molecule has 2 aromatic carbocycles. The zero-order chi connectivity index (χ0) is 19.1. The van der Waals surface area contributed by atoms with E-state index in [1.54, 1.807) is 18.2 Å². The Labute approximate surface area is 157 Å². The van der Waals surface area contributed by atoms with Crippen molar-refractivity contribution >= 4 is 11.9 Å². The van der Waals surface area contributed by atoms with E-state index in [9.17, 15) is 9.18 Å². The maximum Gasteiger partial charge on any atom is 0.254 e. The zero-order valence-electron chi connectivity index (χ0n) is 15.1. The summed E-state index contributed by atoms with van der Waals surface area (Å²) < 4.78 is 13.6. The molecule has 0 bridgehead atoms. The van der Waals surface area contributed by atoms with E-state index in [1.165, 1.54) is 24.0 Å². The SMILES string of the molecule is Cc1ccccc1CNc1ncc(C(=O)NCCc2ccccc2F)cn1. The topological polar surface area (TPSA) is 66.9 Å². The van der Waals surface area contributed by atoms with Crippen LogP contribution >= 0.6 is 0 Å². The van der Waals surface area contributed by atoms with Crippen molar-refractivity contribution in [3.63, 3.8) is 0 Å². The number of hydrogen-bond acceptors (Lipinski definition) is 4. The fraction of sp³-hybridized carbons (Fsp3) is 0.190. The summed E-state index contributed by atoms with van der Waals surface area (Å²) in [6, 6.07) is 14.6. The lowest BCUT2D eigenvalue weighted by Gasteiger charge is -2.08. The van der Waals surface area contributed by atoms with Gasteiger partial charge in [-0.25, -0.2) is 14.4 Å². The second-order valence-electron chi connectivity index (χ2n) is 6.17. The van der Waals surface area contributed by atoms with E-state index < -0.39 is 0 Å². The van der Waals surface area contributed by atoms with Gasteiger partial charge in [0.25, 0.3) is 5.91 Å². The Morgan fingerprint density at radius 2 is 1.67 bits per heavy atom. The van der Waals surface area contributed by atoms with Crippen LogP contribution in [0.2, 0.25) is 0 Å². The number of hydrogen-bond donors (Lipinski definition) is 2. The van der Waals surface area contributed by atoms with Gasteiger partial charge in [0.05, 0.1) is 5.56 Å². The molecule has 1 aromatic heterocycles. The first kappa shape index (κ1) is 18.5. The minimum Gasteiger partial charge on any atom is -0.352 e. The van der Waals surface area contributed by atoms with Crippen LogP contribution in [0.1, 0.15) is 27.0 Å². The third-order valence-corrected chi connectivity index (χ3v) is 4.25. The summed E-state index contributed by atoms with van der Waals surface area (Å²) in [4.78, 5) is 20.5. The van der Waals surface area contributed by atoms with Crippen molar-refractivity contribution in [1.82, 2.24) is 15.3 Å². The molecule has 138 valence electrons. The van der Waals surface area contributed by atoms with Gasteiger partial charge in [-0.15, -0.1) is 0 Å². The second kappa shape index (κ2) is 8.89. The highest BCUT2D eigenvalue weighted by molar-refractivity contribution is 5.93. The van der Waals surface area contributed by atoms with Gasteiger partial charge in [0.2, 0.25) is 5.95 Å². The van der Waals surface area contributed by atoms with E-state index in [1.807, 2.05) is 31.2 Å². The van der Waals surface area contributed by atoms with Crippen molar-refractivity contribution in [3.8, 4) is 0 Å². The molecule has 1 amide bonds. The van der Waals surface area contributed by atoms with Gasteiger partial charge in [-0.1, -0.05) is 42.5 Å². The first-order valence-electron chi connectivity index (χ1n) is 8.75. The van der Waals surface area contributed by atoms with Crippen LogP contribution in [-0.2, 0) is 13.0 Å². The standard InChI is InChI=1S/C21H21FN4O/c1-15-6-2-3-8-17(15)12-24-21-25-13-18(14-26-21)20(27)23-11-10-16-7-4-5-9-19(16)22/h2-9,13-14H,10-12H2,1H3,(H,23,27)(H,24,25,26). The molecule has 0 atom stereocenters. The number of nitrogens with zero attached hydrogens (tertiary/aromatic N) is 2. The van der Waals surface area contributed by atoms with Crippen molar-refractivity contribution in [3.05, 3.63) is 89.0 Å². The fourth-order valence-corrected chi connectivity index (χ4v) is 2.63. The van der Waals surface area contributed by atoms with Crippen LogP contribution in [0, 0.1) is 12.7 Å². The first-order valence-corrected chi connectivity index (χ1v) is 8.75. The maximum absolute atomic E-state index is 13.6. The van der Waals surface area contributed by atoms with E-state index in [4.69, 9.17) is 0 Å². The summed E-state index contributed by atoms with van der Waals surface area (Å²) in [5.41, 5.74) is 3.29. The monoisotopic (exact) mass is 364 g/mol. The van der Waals surface area contributed by atoms with Crippen LogP contribution in [0.3, 0.4) is 0 Å². The highest BCUT2D eigenvalue weighted by atomic mass is 19.1. The summed E-state index contributed by atoms with van der Waals surface area (Å²) in [5.74, 6) is -0.0860. The summed E-state index contributed by atoms with van der Waals surface area (Å²) in [6.07, 6.45) is 3.38. The molecule has 3 aromatic rings. The number of aromatic nitrogens is 2. The van der Waals surface area contributed by atoms with E-state index in [2.05, 4.69) is 20.6 Å². The number of halogens is 1. The predicted octanol–water partition coefficient (Wildman–Crippen LogP) is 3.51. The number of amides is 1. The molecular weight excluding hydrogens is 343 g/mol. The zero-order valence-corrected chi connectivity index (χ0v) is 15.1. The quantitative estimate of drug-likeness (QED) is 0.673. The molecule has 3 rings (SSSR count). The van der Waals surface area contributed by atoms with Crippen molar-refractivity contribution in [2.24, 2.45) is 0 Å². The Hall–Kier alpha value is -3.28. The highest BCUT2D eigenvalue weighted by Crippen LogP contribution is 2.09. The van der Waals surface area contributed by atoms with Gasteiger partial charge in [0.15, 0.2) is 0 Å². The molecule has 0 saturated heterocycles. The van der Waals surface area contributed by atoms with Gasteiger partial charge in [-0.2, -0.15) is 0 Å². The number of carbonyl (C=O) groups excluding carboxylic acids is 1. The molecule has 6 heteroatoms. The number of aryl methyl sites for hydroxylation is 1. The maximum atomic E-state index is 13.6. The molecule has 2 N–H and O–H groups in total. The molecule has 0 aliphatic carbocycles. The largest absolute Gasteiger partial charge is 0.352 e. The van der Waals surface area contributed by atoms with Crippen molar-refractivity contribution in [2.45, 2.75) is 19.9 Å². The average Bonchev–Trinajstić information content (AvgIpc) is 2.69. The average molecular weight is 364 g/mol. The molecule has 0 spiro atoms. The normalized spacial score (nSPS) is 10.4. The smallest absolute Gasteiger partial charge is 0.254 e. The van der Waals surface area contributed by atoms with Crippen molar-refractivity contribution in [2.75, 3.05) is 11.9 Å². The lowest BCUT2D eigenvalue weighted by molar-refractivity contribution is 0.0953. The number of benzene rings is 2.